The zero-order valence-electron chi connectivity index (χ0n) is 19.7. The van der Waals surface area contributed by atoms with E-state index in [1.807, 2.05) is 61.6 Å². The van der Waals surface area contributed by atoms with E-state index in [1.54, 1.807) is 4.90 Å². The molecule has 1 fully saturated rings. The number of ether oxygens (including phenoxy) is 2. The molecule has 0 unspecified atom stereocenters. The van der Waals surface area contributed by atoms with Crippen LogP contribution in [0.2, 0.25) is 0 Å². The molecule has 0 aliphatic carbocycles. The third-order valence-corrected chi connectivity index (χ3v) is 6.50. The molecule has 0 aromatic heterocycles. The van der Waals surface area contributed by atoms with E-state index in [1.165, 1.54) is 11.1 Å². The number of fused-ring (bicyclic) bond motifs is 1. The van der Waals surface area contributed by atoms with Gasteiger partial charge in [-0.1, -0.05) is 48.5 Å². The number of rotatable bonds is 7. The van der Waals surface area contributed by atoms with Crippen molar-refractivity contribution in [1.82, 2.24) is 14.7 Å². The first kappa shape index (κ1) is 22.4. The van der Waals surface area contributed by atoms with Crippen molar-refractivity contribution in [2.24, 2.45) is 0 Å². The van der Waals surface area contributed by atoms with Gasteiger partial charge in [0.25, 0.3) is 5.91 Å². The number of hydrogen-bond donors (Lipinski definition) is 0. The van der Waals surface area contributed by atoms with Crippen LogP contribution in [-0.4, -0.2) is 60.6 Å². The Hall–Kier alpha value is -3.35. The van der Waals surface area contributed by atoms with E-state index in [-0.39, 0.29) is 5.91 Å². The molecule has 6 nitrogen and oxygen atoms in total. The van der Waals surface area contributed by atoms with E-state index in [0.29, 0.717) is 13.3 Å². The van der Waals surface area contributed by atoms with E-state index in [0.717, 1.165) is 61.9 Å². The first-order valence-corrected chi connectivity index (χ1v) is 11.9. The number of hydrogen-bond acceptors (Lipinski definition) is 5. The van der Waals surface area contributed by atoms with E-state index in [4.69, 9.17) is 9.47 Å². The number of amides is 1. The van der Waals surface area contributed by atoms with Crippen LogP contribution in [-0.2, 0) is 19.6 Å². The Morgan fingerprint density at radius 1 is 0.765 bits per heavy atom. The molecule has 6 heteroatoms. The molecule has 2 heterocycles. The van der Waals surface area contributed by atoms with Gasteiger partial charge >= 0.3 is 0 Å². The second-order valence-corrected chi connectivity index (χ2v) is 9.09. The van der Waals surface area contributed by atoms with Crippen LogP contribution >= 0.6 is 0 Å². The Bertz CT molecular complexity index is 1130. The molecule has 176 valence electrons. The number of nitrogens with zero attached hydrogens (tertiary/aromatic N) is 3. The highest BCUT2D eigenvalue weighted by Gasteiger charge is 2.20. The lowest BCUT2D eigenvalue weighted by molar-refractivity contribution is 0.0784. The van der Waals surface area contributed by atoms with Crippen LogP contribution < -0.4 is 9.47 Å². The maximum atomic E-state index is 13.0. The third kappa shape index (κ3) is 5.41. The lowest BCUT2D eigenvalue weighted by atomic mass is 10.1. The molecule has 3 aromatic carbocycles. The van der Waals surface area contributed by atoms with Gasteiger partial charge < -0.3 is 14.4 Å². The lowest BCUT2D eigenvalue weighted by Crippen LogP contribution is -2.45. The predicted molar refractivity (Wildman–Crippen MR) is 132 cm³/mol. The third-order valence-electron chi connectivity index (χ3n) is 6.50. The Morgan fingerprint density at radius 3 is 2.15 bits per heavy atom. The molecule has 1 amide bonds. The molecule has 0 radical (unpaired) electrons. The maximum absolute atomic E-state index is 13.0. The fourth-order valence-corrected chi connectivity index (χ4v) is 4.61. The standard InChI is InChI=1S/C28H31N3O3/c1-29(18-22-6-3-2-4-7-22)28(32)25-9-5-8-23(16-25)19-30-12-14-31(15-13-30)20-24-10-11-26-27(17-24)34-21-33-26/h2-11,16-17H,12-15,18-21H2,1H3. The van der Waals surface area contributed by atoms with E-state index >= 15 is 0 Å². The summed E-state index contributed by atoms with van der Waals surface area (Å²) in [5.74, 6) is 1.74. The van der Waals surface area contributed by atoms with Crippen LogP contribution in [0, 0.1) is 0 Å². The van der Waals surface area contributed by atoms with Gasteiger partial charge in [-0.25, -0.2) is 0 Å². The molecular formula is C28H31N3O3. The second-order valence-electron chi connectivity index (χ2n) is 9.09. The summed E-state index contributed by atoms with van der Waals surface area (Å²) >= 11 is 0. The largest absolute Gasteiger partial charge is 0.454 e. The Balaban J connectivity index is 1.13. The van der Waals surface area contributed by atoms with Crippen LogP contribution in [0.1, 0.15) is 27.0 Å². The van der Waals surface area contributed by atoms with E-state index in [2.05, 4.69) is 28.0 Å². The fourth-order valence-electron chi connectivity index (χ4n) is 4.61. The van der Waals surface area contributed by atoms with Crippen molar-refractivity contribution in [2.45, 2.75) is 19.6 Å². The summed E-state index contributed by atoms with van der Waals surface area (Å²) in [6.07, 6.45) is 0. The average Bonchev–Trinajstić information content (AvgIpc) is 3.33. The molecule has 0 bridgehead atoms. The second kappa shape index (κ2) is 10.3. The van der Waals surface area contributed by atoms with Gasteiger partial charge in [-0.15, -0.1) is 0 Å². The van der Waals surface area contributed by atoms with Crippen molar-refractivity contribution >= 4 is 5.91 Å². The molecule has 5 rings (SSSR count). The summed E-state index contributed by atoms with van der Waals surface area (Å²) in [7, 11) is 1.86. The molecule has 0 saturated carbocycles. The van der Waals surface area contributed by atoms with Gasteiger partial charge in [0.05, 0.1) is 0 Å². The molecule has 0 atom stereocenters. The van der Waals surface area contributed by atoms with Crippen LogP contribution in [0.4, 0.5) is 0 Å². The van der Waals surface area contributed by atoms with Gasteiger partial charge in [-0.3, -0.25) is 14.6 Å². The van der Waals surface area contributed by atoms with Gasteiger partial charge in [-0.05, 0) is 41.0 Å². The lowest BCUT2D eigenvalue weighted by Gasteiger charge is -2.34. The normalized spacial score (nSPS) is 15.9. The van der Waals surface area contributed by atoms with Gasteiger partial charge in [0.1, 0.15) is 0 Å². The van der Waals surface area contributed by atoms with Crippen molar-refractivity contribution in [2.75, 3.05) is 40.0 Å². The van der Waals surface area contributed by atoms with Crippen molar-refractivity contribution in [3.8, 4) is 11.5 Å². The zero-order valence-corrected chi connectivity index (χ0v) is 19.7. The molecule has 3 aromatic rings. The quantitative estimate of drug-likeness (QED) is 0.537. The minimum Gasteiger partial charge on any atom is -0.454 e. The molecular weight excluding hydrogens is 426 g/mol. The highest BCUT2D eigenvalue weighted by atomic mass is 16.7. The average molecular weight is 458 g/mol. The smallest absolute Gasteiger partial charge is 0.253 e. The molecule has 2 aliphatic rings. The molecule has 2 aliphatic heterocycles. The Labute approximate surface area is 201 Å². The first-order chi connectivity index (χ1) is 16.6. The Kier molecular flexibility index (Phi) is 6.79. The highest BCUT2D eigenvalue weighted by molar-refractivity contribution is 5.94. The predicted octanol–water partition coefficient (Wildman–Crippen LogP) is 4.01. The van der Waals surface area contributed by atoms with Crippen LogP contribution in [0.5, 0.6) is 11.5 Å². The van der Waals surface area contributed by atoms with Crippen molar-refractivity contribution in [1.29, 1.82) is 0 Å². The number of piperazine rings is 1. The van der Waals surface area contributed by atoms with Gasteiger partial charge in [0, 0.05) is 58.4 Å². The van der Waals surface area contributed by atoms with Crippen molar-refractivity contribution in [3.63, 3.8) is 0 Å². The monoisotopic (exact) mass is 457 g/mol. The summed E-state index contributed by atoms with van der Waals surface area (Å²) < 4.78 is 10.9. The summed E-state index contributed by atoms with van der Waals surface area (Å²) in [6, 6.07) is 24.4. The number of carbonyl (C=O) groups excluding carboxylic acids is 1. The van der Waals surface area contributed by atoms with E-state index < -0.39 is 0 Å². The van der Waals surface area contributed by atoms with Crippen molar-refractivity contribution < 1.29 is 14.3 Å². The highest BCUT2D eigenvalue weighted by Crippen LogP contribution is 2.32. The number of benzene rings is 3. The molecule has 0 N–H and O–H groups in total. The zero-order chi connectivity index (χ0) is 23.3. The van der Waals surface area contributed by atoms with Gasteiger partial charge in [0.2, 0.25) is 6.79 Å². The van der Waals surface area contributed by atoms with Crippen LogP contribution in [0.15, 0.2) is 72.8 Å². The van der Waals surface area contributed by atoms with Gasteiger partial charge in [0.15, 0.2) is 11.5 Å². The molecule has 0 spiro atoms. The van der Waals surface area contributed by atoms with Gasteiger partial charge in [-0.2, -0.15) is 0 Å². The SMILES string of the molecule is CN(Cc1ccccc1)C(=O)c1cccc(CN2CCN(Cc3ccc4c(c3)OCO4)CC2)c1. The first-order valence-electron chi connectivity index (χ1n) is 11.9. The summed E-state index contributed by atoms with van der Waals surface area (Å²) in [4.78, 5) is 19.7. The summed E-state index contributed by atoms with van der Waals surface area (Å²) in [5, 5.41) is 0. The maximum Gasteiger partial charge on any atom is 0.253 e. The van der Waals surface area contributed by atoms with Crippen LogP contribution in [0.25, 0.3) is 0 Å². The molecule has 1 saturated heterocycles. The van der Waals surface area contributed by atoms with Crippen molar-refractivity contribution in [3.05, 3.63) is 95.1 Å². The summed E-state index contributed by atoms with van der Waals surface area (Å²) in [6.45, 7) is 6.76. The van der Waals surface area contributed by atoms with E-state index in [9.17, 15) is 4.79 Å². The number of carbonyl (C=O) groups is 1. The minimum atomic E-state index is 0.0549. The summed E-state index contributed by atoms with van der Waals surface area (Å²) in [5.41, 5.74) is 4.32. The molecule has 34 heavy (non-hydrogen) atoms. The Morgan fingerprint density at radius 2 is 1.41 bits per heavy atom. The topological polar surface area (TPSA) is 45.3 Å². The minimum absolute atomic E-state index is 0.0549. The fraction of sp³-hybridized carbons (Fsp3) is 0.321. The van der Waals surface area contributed by atoms with Crippen LogP contribution in [0.3, 0.4) is 0 Å².